The molecule has 0 bridgehead atoms. The van der Waals surface area contributed by atoms with Gasteiger partial charge in [0, 0.05) is 0 Å². The van der Waals surface area contributed by atoms with E-state index in [-0.39, 0.29) is 42.8 Å². The lowest BCUT2D eigenvalue weighted by atomic mass is 9.94. The maximum Gasteiger partial charge on any atom is 0.407 e. The number of amides is 1. The van der Waals surface area contributed by atoms with Crippen LogP contribution in [0.4, 0.5) is 4.79 Å². The Labute approximate surface area is 239 Å². The molecule has 0 unspecified atom stereocenters. The highest BCUT2D eigenvalue weighted by atomic mass is 32.2. The van der Waals surface area contributed by atoms with Crippen LogP contribution in [-0.4, -0.2) is 56.9 Å². The maximum atomic E-state index is 13.1. The van der Waals surface area contributed by atoms with E-state index in [9.17, 15) is 22.8 Å². The van der Waals surface area contributed by atoms with Crippen molar-refractivity contribution < 1.29 is 41.2 Å². The number of aryl methyl sites for hydroxylation is 1. The Bertz CT molecular complexity index is 1090. The van der Waals surface area contributed by atoms with Gasteiger partial charge in [0.2, 0.25) is 0 Å². The van der Waals surface area contributed by atoms with E-state index in [0.29, 0.717) is 0 Å². The summed E-state index contributed by atoms with van der Waals surface area (Å²) in [7, 11) is -3.98. The van der Waals surface area contributed by atoms with Crippen LogP contribution >= 0.6 is 0 Å². The molecule has 0 aromatic heterocycles. The van der Waals surface area contributed by atoms with Gasteiger partial charge in [0.1, 0.15) is 17.2 Å². The van der Waals surface area contributed by atoms with Crippen molar-refractivity contribution >= 4 is 28.1 Å². The number of benzene rings is 1. The topological polar surface area (TPSA) is 134 Å². The minimum absolute atomic E-state index is 0.0322. The van der Waals surface area contributed by atoms with Gasteiger partial charge in [-0.1, -0.05) is 38.5 Å². The minimum Gasteiger partial charge on any atom is -0.460 e. The number of rotatable bonds is 12. The summed E-state index contributed by atoms with van der Waals surface area (Å²) >= 11 is 0. The van der Waals surface area contributed by atoms with Crippen LogP contribution in [0, 0.1) is 18.3 Å². The summed E-state index contributed by atoms with van der Waals surface area (Å²) in [6.45, 7) is 17.7. The van der Waals surface area contributed by atoms with Gasteiger partial charge < -0.3 is 19.5 Å². The first-order chi connectivity index (χ1) is 18.1. The van der Waals surface area contributed by atoms with Gasteiger partial charge in [0.25, 0.3) is 10.1 Å². The zero-order chi connectivity index (χ0) is 30.9. The molecule has 11 heteroatoms. The first-order valence-corrected chi connectivity index (χ1v) is 14.8. The third kappa shape index (κ3) is 14.6. The predicted octanol–water partition coefficient (Wildman–Crippen LogP) is 5.31. The van der Waals surface area contributed by atoms with Crippen LogP contribution in [-0.2, 0) is 38.1 Å². The van der Waals surface area contributed by atoms with Gasteiger partial charge in [-0.2, -0.15) is 8.42 Å². The monoisotopic (exact) mass is 585 g/mol. The first kappa shape index (κ1) is 35.4. The molecule has 0 aliphatic heterocycles. The average Bonchev–Trinajstić information content (AvgIpc) is 2.76. The fourth-order valence-corrected chi connectivity index (χ4v) is 4.27. The normalized spacial score (nSPS) is 14.2. The molecule has 0 radical (unpaired) electrons. The molecule has 0 saturated heterocycles. The molecule has 0 heterocycles. The molecule has 0 saturated carbocycles. The fourth-order valence-electron chi connectivity index (χ4n) is 3.33. The smallest absolute Gasteiger partial charge is 0.407 e. The van der Waals surface area contributed by atoms with Crippen molar-refractivity contribution in [2.75, 3.05) is 13.2 Å². The second kappa shape index (κ2) is 14.3. The number of nitrogens with one attached hydrogen (secondary N) is 1. The second-order valence-corrected chi connectivity index (χ2v) is 14.7. The van der Waals surface area contributed by atoms with Crippen LogP contribution in [0.25, 0.3) is 0 Å². The van der Waals surface area contributed by atoms with Crippen molar-refractivity contribution in [1.29, 1.82) is 0 Å². The van der Waals surface area contributed by atoms with E-state index >= 15 is 0 Å². The molecule has 2 atom stereocenters. The third-order valence-electron chi connectivity index (χ3n) is 5.13. The summed E-state index contributed by atoms with van der Waals surface area (Å²) in [5.74, 6) is -2.19. The van der Waals surface area contributed by atoms with E-state index in [1.54, 1.807) is 53.7 Å². The number of ether oxygens (including phenoxy) is 3. The van der Waals surface area contributed by atoms with Crippen LogP contribution in [0.3, 0.4) is 0 Å². The Morgan fingerprint density at radius 1 is 0.850 bits per heavy atom. The molecular weight excluding hydrogens is 538 g/mol. The lowest BCUT2D eigenvalue weighted by Crippen LogP contribution is -2.47. The van der Waals surface area contributed by atoms with Gasteiger partial charge in [-0.3, -0.25) is 8.98 Å². The predicted molar refractivity (Wildman–Crippen MR) is 151 cm³/mol. The Balaban J connectivity index is 3.05. The summed E-state index contributed by atoms with van der Waals surface area (Å²) in [5, 5.41) is 2.53. The average molecular weight is 586 g/mol. The molecule has 0 aliphatic rings. The molecule has 0 aliphatic carbocycles. The van der Waals surface area contributed by atoms with Crippen molar-refractivity contribution in [2.45, 2.75) is 111 Å². The Morgan fingerprint density at radius 3 is 1.88 bits per heavy atom. The zero-order valence-corrected chi connectivity index (χ0v) is 26.4. The fraction of sp³-hybridized carbons (Fsp3) is 0.690. The molecule has 10 nitrogen and oxygen atoms in total. The summed E-state index contributed by atoms with van der Waals surface area (Å²) in [6.07, 6.45) is -0.652. The number of esters is 2. The highest BCUT2D eigenvalue weighted by Crippen LogP contribution is 2.23. The molecule has 0 fully saturated rings. The quantitative estimate of drug-likeness (QED) is 0.150. The van der Waals surface area contributed by atoms with Gasteiger partial charge in [-0.25, -0.2) is 9.59 Å². The van der Waals surface area contributed by atoms with Gasteiger partial charge >= 0.3 is 18.0 Å². The third-order valence-corrected chi connectivity index (χ3v) is 6.45. The van der Waals surface area contributed by atoms with E-state index < -0.39 is 51.3 Å². The Morgan fingerprint density at radius 2 is 1.38 bits per heavy atom. The number of carbonyl (C=O) groups is 3. The lowest BCUT2D eigenvalue weighted by Gasteiger charge is -2.28. The SMILES string of the molecule is Cc1ccc(S(=O)(=O)OCCC[C@@H](C[C@H](NC(=O)OCC(C)(C)C)C(=O)OC(C)(C)C)C(=O)OC(C)(C)C)cc1. The van der Waals surface area contributed by atoms with Crippen LogP contribution in [0.5, 0.6) is 0 Å². The van der Waals surface area contributed by atoms with Crippen LogP contribution in [0.1, 0.15) is 87.1 Å². The molecule has 1 aromatic carbocycles. The van der Waals surface area contributed by atoms with Crippen molar-refractivity contribution in [2.24, 2.45) is 11.3 Å². The molecule has 1 aromatic rings. The highest BCUT2D eigenvalue weighted by Gasteiger charge is 2.34. The maximum absolute atomic E-state index is 13.1. The molecule has 40 heavy (non-hydrogen) atoms. The van der Waals surface area contributed by atoms with Crippen LogP contribution in [0.2, 0.25) is 0 Å². The number of hydrogen-bond donors (Lipinski definition) is 1. The standard InChI is InChI=1S/C29H47NO9S/c1-20-13-15-22(16-14-20)40(34,35)37-17-11-12-21(24(31)38-28(5,6)7)18-23(25(32)39-29(8,9)10)30-26(33)36-19-27(2,3)4/h13-16,21,23H,11-12,17-19H2,1-10H3,(H,30,33)/t21-,23-/m0/s1. The van der Waals surface area contributed by atoms with Crippen LogP contribution < -0.4 is 5.32 Å². The van der Waals surface area contributed by atoms with E-state index in [2.05, 4.69) is 5.32 Å². The van der Waals surface area contributed by atoms with Crippen molar-refractivity contribution in [1.82, 2.24) is 5.32 Å². The summed E-state index contributed by atoms with van der Waals surface area (Å²) in [6, 6.07) is 5.06. The molecule has 1 amide bonds. The Hall–Kier alpha value is -2.66. The van der Waals surface area contributed by atoms with Crippen molar-refractivity contribution in [3.05, 3.63) is 29.8 Å². The van der Waals surface area contributed by atoms with Gasteiger partial charge in [0.15, 0.2) is 0 Å². The Kier molecular flexibility index (Phi) is 12.6. The molecule has 1 N–H and O–H groups in total. The van der Waals surface area contributed by atoms with Crippen molar-refractivity contribution in [3.8, 4) is 0 Å². The summed E-state index contributed by atoms with van der Waals surface area (Å²) in [4.78, 5) is 38.7. The van der Waals surface area contributed by atoms with E-state index in [1.807, 2.05) is 27.7 Å². The highest BCUT2D eigenvalue weighted by molar-refractivity contribution is 7.86. The van der Waals surface area contributed by atoms with Crippen LogP contribution in [0.15, 0.2) is 29.2 Å². The number of alkyl carbamates (subject to hydrolysis) is 1. The molecule has 228 valence electrons. The number of carbonyl (C=O) groups excluding carboxylic acids is 3. The van der Waals surface area contributed by atoms with Gasteiger partial charge in [-0.05, 0) is 85.3 Å². The zero-order valence-electron chi connectivity index (χ0n) is 25.6. The largest absolute Gasteiger partial charge is 0.460 e. The van der Waals surface area contributed by atoms with Gasteiger partial charge in [-0.15, -0.1) is 0 Å². The number of hydrogen-bond acceptors (Lipinski definition) is 9. The van der Waals surface area contributed by atoms with E-state index in [1.165, 1.54) is 12.1 Å². The minimum atomic E-state index is -3.98. The molecule has 0 spiro atoms. The van der Waals surface area contributed by atoms with Gasteiger partial charge in [0.05, 0.1) is 24.0 Å². The lowest BCUT2D eigenvalue weighted by molar-refractivity contribution is -0.162. The van der Waals surface area contributed by atoms with E-state index in [0.717, 1.165) is 5.56 Å². The van der Waals surface area contributed by atoms with Crippen molar-refractivity contribution in [3.63, 3.8) is 0 Å². The molecule has 1 rings (SSSR count). The summed E-state index contributed by atoms with van der Waals surface area (Å²) in [5.41, 5.74) is -1.03. The first-order valence-electron chi connectivity index (χ1n) is 13.4. The molecular formula is C29H47NO9S. The summed E-state index contributed by atoms with van der Waals surface area (Å²) < 4.78 is 46.5. The van der Waals surface area contributed by atoms with E-state index in [4.69, 9.17) is 18.4 Å². The second-order valence-electron chi connectivity index (χ2n) is 13.1.